The summed E-state index contributed by atoms with van der Waals surface area (Å²) in [5.41, 5.74) is 1.74. The first-order chi connectivity index (χ1) is 14.0. The molecule has 3 amide bonds. The highest BCUT2D eigenvalue weighted by molar-refractivity contribution is 6.00. The summed E-state index contributed by atoms with van der Waals surface area (Å²) in [6.45, 7) is 3.20. The first-order valence-corrected chi connectivity index (χ1v) is 9.37. The molecule has 3 rings (SSSR count). The van der Waals surface area contributed by atoms with Gasteiger partial charge in [-0.1, -0.05) is 0 Å². The number of hydrogen-bond acceptors (Lipinski definition) is 5. The number of piperazine rings is 1. The lowest BCUT2D eigenvalue weighted by atomic mass is 10.1. The van der Waals surface area contributed by atoms with E-state index in [2.05, 4.69) is 22.6 Å². The second kappa shape index (κ2) is 9.29. The second-order valence-electron chi connectivity index (χ2n) is 6.85. The van der Waals surface area contributed by atoms with Crippen LogP contribution >= 0.6 is 0 Å². The first-order valence-electron chi connectivity index (χ1n) is 9.37. The van der Waals surface area contributed by atoms with Crippen LogP contribution in [-0.2, 0) is 0 Å². The molecule has 1 heterocycles. The number of methoxy groups -OCH3 is 2. The van der Waals surface area contributed by atoms with Gasteiger partial charge in [0.05, 0.1) is 14.2 Å². The zero-order valence-electron chi connectivity index (χ0n) is 16.9. The number of benzene rings is 2. The van der Waals surface area contributed by atoms with E-state index in [4.69, 9.17) is 9.47 Å². The fraction of sp³-hybridized carbons (Fsp3) is 0.333. The molecule has 1 aliphatic heterocycles. The Balaban J connectivity index is 1.59. The van der Waals surface area contributed by atoms with Gasteiger partial charge < -0.3 is 29.9 Å². The molecule has 0 unspecified atom stereocenters. The maximum absolute atomic E-state index is 12.6. The zero-order chi connectivity index (χ0) is 20.8. The quantitative estimate of drug-likeness (QED) is 0.809. The minimum atomic E-state index is -0.404. The molecule has 2 N–H and O–H groups in total. The fourth-order valence-electron chi connectivity index (χ4n) is 3.06. The lowest BCUT2D eigenvalue weighted by Crippen LogP contribution is -2.47. The van der Waals surface area contributed by atoms with Crippen LogP contribution in [0.1, 0.15) is 10.4 Å². The van der Waals surface area contributed by atoms with E-state index in [1.807, 2.05) is 4.90 Å². The summed E-state index contributed by atoms with van der Waals surface area (Å²) < 4.78 is 10.4. The molecular formula is C21H26N4O4. The predicted octanol–water partition coefficient (Wildman–Crippen LogP) is 2.74. The average molecular weight is 398 g/mol. The Morgan fingerprint density at radius 1 is 0.828 bits per heavy atom. The monoisotopic (exact) mass is 398 g/mol. The molecule has 0 aromatic heterocycles. The smallest absolute Gasteiger partial charge is 0.323 e. The first kappa shape index (κ1) is 20.5. The second-order valence-corrected chi connectivity index (χ2v) is 6.85. The highest BCUT2D eigenvalue weighted by atomic mass is 16.5. The minimum Gasteiger partial charge on any atom is -0.497 e. The molecule has 2 aromatic carbocycles. The summed E-state index contributed by atoms with van der Waals surface area (Å²) in [5, 5.41) is 5.50. The van der Waals surface area contributed by atoms with Crippen LogP contribution in [0.2, 0.25) is 0 Å². The van der Waals surface area contributed by atoms with Gasteiger partial charge in [-0.2, -0.15) is 0 Å². The van der Waals surface area contributed by atoms with Gasteiger partial charge in [0, 0.05) is 61.3 Å². The van der Waals surface area contributed by atoms with E-state index in [0.29, 0.717) is 28.4 Å². The molecule has 0 atom stereocenters. The van der Waals surface area contributed by atoms with Gasteiger partial charge in [0.25, 0.3) is 5.91 Å². The van der Waals surface area contributed by atoms with E-state index >= 15 is 0 Å². The van der Waals surface area contributed by atoms with Crippen LogP contribution in [0.5, 0.6) is 11.5 Å². The summed E-state index contributed by atoms with van der Waals surface area (Å²) in [6.07, 6.45) is 0. The highest BCUT2D eigenvalue weighted by Crippen LogP contribution is 2.26. The van der Waals surface area contributed by atoms with Crippen LogP contribution in [0.3, 0.4) is 0 Å². The molecule has 8 nitrogen and oxygen atoms in total. The summed E-state index contributed by atoms with van der Waals surface area (Å²) in [6, 6.07) is 11.6. The summed E-state index contributed by atoms with van der Waals surface area (Å²) in [4.78, 5) is 28.9. The third-order valence-electron chi connectivity index (χ3n) is 4.79. The molecule has 0 radical (unpaired) electrons. The van der Waals surface area contributed by atoms with Crippen LogP contribution in [0.4, 0.5) is 16.2 Å². The minimum absolute atomic E-state index is 0.0116. The van der Waals surface area contributed by atoms with E-state index in [1.54, 1.807) is 56.7 Å². The van der Waals surface area contributed by atoms with Gasteiger partial charge in [0.2, 0.25) is 0 Å². The molecule has 0 bridgehead atoms. The molecule has 0 aliphatic carbocycles. The van der Waals surface area contributed by atoms with Gasteiger partial charge >= 0.3 is 6.03 Å². The Hall–Kier alpha value is -3.26. The van der Waals surface area contributed by atoms with Gasteiger partial charge in [-0.25, -0.2) is 4.79 Å². The average Bonchev–Trinajstić information content (AvgIpc) is 2.74. The number of urea groups is 1. The van der Waals surface area contributed by atoms with Crippen LogP contribution in [0, 0.1) is 0 Å². The number of nitrogens with one attached hydrogen (secondary N) is 2. The molecule has 1 saturated heterocycles. The highest BCUT2D eigenvalue weighted by Gasteiger charge is 2.20. The Morgan fingerprint density at radius 2 is 1.38 bits per heavy atom. The van der Waals surface area contributed by atoms with E-state index in [0.717, 1.165) is 26.2 Å². The van der Waals surface area contributed by atoms with E-state index in [-0.39, 0.29) is 5.91 Å². The Morgan fingerprint density at radius 3 is 1.93 bits per heavy atom. The van der Waals surface area contributed by atoms with Crippen molar-refractivity contribution in [3.05, 3.63) is 48.0 Å². The van der Waals surface area contributed by atoms with Crippen molar-refractivity contribution in [2.24, 2.45) is 0 Å². The Bertz CT molecular complexity index is 839. The van der Waals surface area contributed by atoms with Gasteiger partial charge in [0.1, 0.15) is 11.5 Å². The van der Waals surface area contributed by atoms with Crippen molar-refractivity contribution in [3.63, 3.8) is 0 Å². The van der Waals surface area contributed by atoms with E-state index < -0.39 is 6.03 Å². The zero-order valence-corrected chi connectivity index (χ0v) is 16.9. The van der Waals surface area contributed by atoms with E-state index in [9.17, 15) is 9.59 Å². The molecule has 154 valence electrons. The van der Waals surface area contributed by atoms with Gasteiger partial charge in [0.15, 0.2) is 0 Å². The SMILES string of the molecule is COc1cc(NC(=O)Nc2ccc(C(=O)N3CCN(C)CC3)cc2)cc(OC)c1. The number of anilines is 2. The summed E-state index contributed by atoms with van der Waals surface area (Å²) in [5.74, 6) is 1.16. The molecule has 1 fully saturated rings. The Kier molecular flexibility index (Phi) is 6.56. The van der Waals surface area contributed by atoms with Crippen molar-refractivity contribution in [2.75, 3.05) is 58.1 Å². The number of rotatable bonds is 5. The lowest BCUT2D eigenvalue weighted by molar-refractivity contribution is 0.0664. The van der Waals surface area contributed by atoms with Gasteiger partial charge in [-0.3, -0.25) is 4.79 Å². The summed E-state index contributed by atoms with van der Waals surface area (Å²) in [7, 11) is 5.14. The molecule has 0 saturated carbocycles. The number of hydrogen-bond donors (Lipinski definition) is 2. The van der Waals surface area contributed by atoms with Crippen LogP contribution in [-0.4, -0.2) is 69.2 Å². The third kappa shape index (κ3) is 5.39. The lowest BCUT2D eigenvalue weighted by Gasteiger charge is -2.32. The molecule has 2 aromatic rings. The largest absolute Gasteiger partial charge is 0.497 e. The fourth-order valence-corrected chi connectivity index (χ4v) is 3.06. The van der Waals surface area contributed by atoms with Gasteiger partial charge in [-0.15, -0.1) is 0 Å². The molecule has 1 aliphatic rings. The van der Waals surface area contributed by atoms with Crippen LogP contribution in [0.25, 0.3) is 0 Å². The normalized spacial score (nSPS) is 14.2. The predicted molar refractivity (Wildman–Crippen MR) is 112 cm³/mol. The maximum Gasteiger partial charge on any atom is 0.323 e. The van der Waals surface area contributed by atoms with E-state index in [1.165, 1.54) is 0 Å². The van der Waals surface area contributed by atoms with Crippen molar-refractivity contribution in [1.82, 2.24) is 9.80 Å². The topological polar surface area (TPSA) is 83.1 Å². The number of carbonyl (C=O) groups is 2. The van der Waals surface area contributed by atoms with Crippen molar-refractivity contribution in [1.29, 1.82) is 0 Å². The van der Waals surface area contributed by atoms with Crippen molar-refractivity contribution in [2.45, 2.75) is 0 Å². The molecular weight excluding hydrogens is 372 g/mol. The maximum atomic E-state index is 12.6. The standard InChI is InChI=1S/C21H26N4O4/c1-24-8-10-25(11-9-24)20(26)15-4-6-16(7-5-15)22-21(27)23-17-12-18(28-2)14-19(13-17)29-3/h4-7,12-14H,8-11H2,1-3H3,(H2,22,23,27). The number of nitrogens with zero attached hydrogens (tertiary/aromatic N) is 2. The Labute approximate surface area is 170 Å². The molecule has 29 heavy (non-hydrogen) atoms. The summed E-state index contributed by atoms with van der Waals surface area (Å²) >= 11 is 0. The van der Waals surface area contributed by atoms with Crippen molar-refractivity contribution in [3.8, 4) is 11.5 Å². The third-order valence-corrected chi connectivity index (χ3v) is 4.79. The van der Waals surface area contributed by atoms with Crippen molar-refractivity contribution < 1.29 is 19.1 Å². The number of ether oxygens (including phenoxy) is 2. The van der Waals surface area contributed by atoms with Crippen molar-refractivity contribution >= 4 is 23.3 Å². The van der Waals surface area contributed by atoms with Crippen LogP contribution in [0.15, 0.2) is 42.5 Å². The molecule has 0 spiro atoms. The number of amides is 3. The van der Waals surface area contributed by atoms with Crippen LogP contribution < -0.4 is 20.1 Å². The number of likely N-dealkylation sites (N-methyl/N-ethyl adjacent to an activating group) is 1. The number of carbonyl (C=O) groups excluding carboxylic acids is 2. The molecule has 8 heteroatoms. The van der Waals surface area contributed by atoms with Gasteiger partial charge in [-0.05, 0) is 31.3 Å².